The van der Waals surface area contributed by atoms with E-state index in [-0.39, 0.29) is 29.5 Å². The summed E-state index contributed by atoms with van der Waals surface area (Å²) in [4.78, 5) is 16.4. The number of primary sulfonamides is 1. The highest BCUT2D eigenvalue weighted by atomic mass is 32.2. The predicted molar refractivity (Wildman–Crippen MR) is 112 cm³/mol. The van der Waals surface area contributed by atoms with Crippen LogP contribution in [0.3, 0.4) is 0 Å². The van der Waals surface area contributed by atoms with Crippen molar-refractivity contribution in [3.8, 4) is 5.75 Å². The number of sulfonamides is 1. The summed E-state index contributed by atoms with van der Waals surface area (Å²) in [7, 11) is -3.77. The minimum Gasteiger partial charge on any atom is -0.406 e. The molecule has 3 rings (SSSR count). The van der Waals surface area contributed by atoms with Crippen LogP contribution in [-0.2, 0) is 27.8 Å². The zero-order valence-electron chi connectivity index (χ0n) is 16.2. The molecule has 0 bridgehead atoms. The van der Waals surface area contributed by atoms with Crippen LogP contribution in [0, 0.1) is 0 Å². The maximum Gasteiger partial charge on any atom is 0.573 e. The van der Waals surface area contributed by atoms with Crippen molar-refractivity contribution in [3.05, 3.63) is 65.2 Å². The minimum absolute atomic E-state index is 0.0161. The van der Waals surface area contributed by atoms with Crippen LogP contribution in [0.15, 0.2) is 58.8 Å². The summed E-state index contributed by atoms with van der Waals surface area (Å²) in [5, 5.41) is 12.8. The van der Waals surface area contributed by atoms with Crippen molar-refractivity contribution in [3.63, 3.8) is 0 Å². The Hall–Kier alpha value is -3.16. The molecule has 0 aliphatic rings. The SMILES string of the molecule is NS(=O)(=O)c1ccc(CNC(=O)Cc2csc(Nc3ccc(OC(F)(F)F)cc3)n2)cc1. The van der Waals surface area contributed by atoms with Crippen molar-refractivity contribution in [2.75, 3.05) is 5.32 Å². The number of hydrogen-bond acceptors (Lipinski definition) is 7. The Labute approximate surface area is 185 Å². The van der Waals surface area contributed by atoms with Crippen LogP contribution >= 0.6 is 11.3 Å². The fourth-order valence-corrected chi connectivity index (χ4v) is 3.78. The highest BCUT2D eigenvalue weighted by molar-refractivity contribution is 7.89. The number of carbonyl (C=O) groups excluding carboxylic acids is 1. The van der Waals surface area contributed by atoms with Crippen LogP contribution in [0.1, 0.15) is 11.3 Å². The van der Waals surface area contributed by atoms with Gasteiger partial charge in [-0.2, -0.15) is 0 Å². The molecule has 170 valence electrons. The van der Waals surface area contributed by atoms with E-state index < -0.39 is 16.4 Å². The van der Waals surface area contributed by atoms with Gasteiger partial charge in [0, 0.05) is 17.6 Å². The van der Waals surface area contributed by atoms with Gasteiger partial charge in [0.1, 0.15) is 5.75 Å². The van der Waals surface area contributed by atoms with Crippen molar-refractivity contribution in [2.24, 2.45) is 5.14 Å². The molecule has 4 N–H and O–H groups in total. The highest BCUT2D eigenvalue weighted by Crippen LogP contribution is 2.26. The van der Waals surface area contributed by atoms with E-state index in [1.165, 1.54) is 47.7 Å². The van der Waals surface area contributed by atoms with Gasteiger partial charge in [-0.1, -0.05) is 12.1 Å². The second-order valence-electron chi connectivity index (χ2n) is 6.48. The summed E-state index contributed by atoms with van der Waals surface area (Å²) in [5.74, 6) is -0.620. The molecule has 1 heterocycles. The quantitative estimate of drug-likeness (QED) is 0.449. The largest absolute Gasteiger partial charge is 0.573 e. The summed E-state index contributed by atoms with van der Waals surface area (Å²) in [6.45, 7) is 0.200. The third-order valence-electron chi connectivity index (χ3n) is 3.97. The van der Waals surface area contributed by atoms with Gasteiger partial charge in [0.25, 0.3) is 0 Å². The Morgan fingerprint density at radius 1 is 1.09 bits per heavy atom. The van der Waals surface area contributed by atoms with Gasteiger partial charge in [-0.05, 0) is 42.0 Å². The molecule has 13 heteroatoms. The number of nitrogens with one attached hydrogen (secondary N) is 2. The Bertz CT molecular complexity index is 1180. The number of benzene rings is 2. The van der Waals surface area contributed by atoms with Crippen LogP contribution in [0.2, 0.25) is 0 Å². The summed E-state index contributed by atoms with van der Waals surface area (Å²) in [5.41, 5.74) is 1.72. The number of aromatic nitrogens is 1. The Balaban J connectivity index is 1.49. The molecule has 32 heavy (non-hydrogen) atoms. The van der Waals surface area contributed by atoms with Gasteiger partial charge >= 0.3 is 6.36 Å². The molecule has 0 atom stereocenters. The lowest BCUT2D eigenvalue weighted by Crippen LogP contribution is -2.24. The molecule has 2 aromatic carbocycles. The van der Waals surface area contributed by atoms with E-state index in [2.05, 4.69) is 20.4 Å². The molecule has 0 saturated carbocycles. The number of thiazole rings is 1. The number of nitrogens with two attached hydrogens (primary N) is 1. The molecule has 0 unspecified atom stereocenters. The zero-order chi connectivity index (χ0) is 23.4. The lowest BCUT2D eigenvalue weighted by atomic mass is 10.2. The van der Waals surface area contributed by atoms with Crippen LogP contribution in [0.25, 0.3) is 0 Å². The number of carbonyl (C=O) groups is 1. The van der Waals surface area contributed by atoms with Gasteiger partial charge < -0.3 is 15.4 Å². The zero-order valence-corrected chi connectivity index (χ0v) is 17.9. The summed E-state index contributed by atoms with van der Waals surface area (Å²) >= 11 is 1.24. The Morgan fingerprint density at radius 3 is 2.34 bits per heavy atom. The van der Waals surface area contributed by atoms with Crippen molar-refractivity contribution in [1.82, 2.24) is 10.3 Å². The Morgan fingerprint density at radius 2 is 1.75 bits per heavy atom. The van der Waals surface area contributed by atoms with Gasteiger partial charge in [-0.3, -0.25) is 4.79 Å². The molecule has 0 saturated heterocycles. The maximum atomic E-state index is 12.2. The molecule has 8 nitrogen and oxygen atoms in total. The average Bonchev–Trinajstić information content (AvgIpc) is 3.13. The number of hydrogen-bond donors (Lipinski definition) is 3. The molecular weight excluding hydrogens is 469 g/mol. The van der Waals surface area contributed by atoms with Gasteiger partial charge in [0.2, 0.25) is 15.9 Å². The summed E-state index contributed by atoms with van der Waals surface area (Å²) in [6, 6.07) is 11.0. The van der Waals surface area contributed by atoms with Crippen molar-refractivity contribution in [1.29, 1.82) is 0 Å². The maximum absolute atomic E-state index is 12.2. The van der Waals surface area contributed by atoms with Crippen molar-refractivity contribution >= 4 is 38.1 Å². The lowest BCUT2D eigenvalue weighted by Gasteiger charge is -2.09. The van der Waals surface area contributed by atoms with Crippen molar-refractivity contribution < 1.29 is 31.1 Å². The second kappa shape index (κ2) is 9.54. The van der Waals surface area contributed by atoms with E-state index in [1.807, 2.05) is 0 Å². The molecule has 0 aliphatic heterocycles. The van der Waals surface area contributed by atoms with Crippen LogP contribution in [0.4, 0.5) is 24.0 Å². The number of alkyl halides is 3. The molecule has 1 amide bonds. The van der Waals surface area contributed by atoms with E-state index in [9.17, 15) is 26.4 Å². The summed E-state index contributed by atoms with van der Waals surface area (Å²) < 4.78 is 62.9. The van der Waals surface area contributed by atoms with Gasteiger partial charge in [0.05, 0.1) is 17.0 Å². The smallest absolute Gasteiger partial charge is 0.406 e. The number of nitrogens with zero attached hydrogens (tertiary/aromatic N) is 1. The molecule has 3 aromatic rings. The first kappa shape index (κ1) is 23.5. The number of amides is 1. The van der Waals surface area contributed by atoms with Crippen LogP contribution in [-0.4, -0.2) is 25.7 Å². The van der Waals surface area contributed by atoms with Crippen molar-refractivity contribution in [2.45, 2.75) is 24.2 Å². The van der Waals surface area contributed by atoms with Gasteiger partial charge in [0.15, 0.2) is 5.13 Å². The number of ether oxygens (including phenoxy) is 1. The lowest BCUT2D eigenvalue weighted by molar-refractivity contribution is -0.274. The second-order valence-corrected chi connectivity index (χ2v) is 8.90. The number of rotatable bonds is 8. The first-order valence-corrected chi connectivity index (χ1v) is 11.4. The normalized spacial score (nSPS) is 11.8. The molecule has 0 radical (unpaired) electrons. The topological polar surface area (TPSA) is 123 Å². The third kappa shape index (κ3) is 7.21. The van der Waals surface area contributed by atoms with E-state index in [0.29, 0.717) is 22.1 Å². The summed E-state index contributed by atoms with van der Waals surface area (Å²) in [6.07, 6.45) is -4.74. The molecule has 0 fully saturated rings. The van der Waals surface area contributed by atoms with E-state index in [4.69, 9.17) is 5.14 Å². The first-order valence-electron chi connectivity index (χ1n) is 8.94. The fourth-order valence-electron chi connectivity index (χ4n) is 2.53. The highest BCUT2D eigenvalue weighted by Gasteiger charge is 2.30. The standard InChI is InChI=1S/C19H17F3N4O4S2/c20-19(21,22)30-15-5-3-13(4-6-15)25-18-26-14(11-31-18)9-17(27)24-10-12-1-7-16(8-2-12)32(23,28)29/h1-8,11H,9-10H2,(H,24,27)(H,25,26)(H2,23,28,29). The molecule has 0 aliphatic carbocycles. The van der Waals surface area contributed by atoms with E-state index in [1.54, 1.807) is 17.5 Å². The van der Waals surface area contributed by atoms with Gasteiger partial charge in [-0.15, -0.1) is 24.5 Å². The minimum atomic E-state index is -4.76. The third-order valence-corrected chi connectivity index (χ3v) is 5.71. The predicted octanol–water partition coefficient (Wildman–Crippen LogP) is 3.29. The molecule has 1 aromatic heterocycles. The number of halogens is 3. The van der Waals surface area contributed by atoms with Gasteiger partial charge in [-0.25, -0.2) is 18.5 Å². The number of anilines is 2. The average molecular weight is 486 g/mol. The van der Waals surface area contributed by atoms with E-state index >= 15 is 0 Å². The first-order chi connectivity index (χ1) is 15.0. The molecular formula is C19H17F3N4O4S2. The molecule has 0 spiro atoms. The van der Waals surface area contributed by atoms with Crippen LogP contribution < -0.4 is 20.5 Å². The van der Waals surface area contributed by atoms with Crippen LogP contribution in [0.5, 0.6) is 5.75 Å². The monoisotopic (exact) mass is 486 g/mol. The van der Waals surface area contributed by atoms with E-state index in [0.717, 1.165) is 0 Å². The fraction of sp³-hybridized carbons (Fsp3) is 0.158. The Kier molecular flexibility index (Phi) is 7.01.